The molecule has 0 spiro atoms. The van der Waals surface area contributed by atoms with Crippen LogP contribution in [0.15, 0.2) is 23.1 Å². The molecule has 1 N–H and O–H groups in total. The van der Waals surface area contributed by atoms with Crippen molar-refractivity contribution in [3.8, 4) is 5.75 Å². The molecular formula is C10H12ClNO5S. The van der Waals surface area contributed by atoms with Gasteiger partial charge in [-0.15, -0.1) is 0 Å². The monoisotopic (exact) mass is 293 g/mol. The molecule has 0 atom stereocenters. The number of halogens is 1. The minimum Gasteiger partial charge on any atom is -0.496 e. The lowest BCUT2D eigenvalue weighted by Crippen LogP contribution is -2.22. The van der Waals surface area contributed by atoms with Crippen molar-refractivity contribution >= 4 is 25.8 Å². The van der Waals surface area contributed by atoms with Crippen LogP contribution in [0.2, 0.25) is 0 Å². The zero-order valence-corrected chi connectivity index (χ0v) is 11.3. The maximum absolute atomic E-state index is 11.2. The molecule has 8 heteroatoms. The molecule has 0 radical (unpaired) electrons. The number of hydrogen-bond donors (Lipinski definition) is 1. The molecule has 1 aromatic rings. The second-order valence-corrected chi connectivity index (χ2v) is 5.82. The third-order valence-electron chi connectivity index (χ3n) is 2.14. The van der Waals surface area contributed by atoms with Gasteiger partial charge in [-0.3, -0.25) is 0 Å². The van der Waals surface area contributed by atoms with Crippen LogP contribution in [0.3, 0.4) is 0 Å². The number of ether oxygens (including phenoxy) is 2. The molecule has 0 heterocycles. The Bertz CT molecular complexity index is 543. The molecule has 18 heavy (non-hydrogen) atoms. The molecule has 0 saturated heterocycles. The first-order valence-corrected chi connectivity index (χ1v) is 7.13. The molecule has 100 valence electrons. The lowest BCUT2D eigenvalue weighted by atomic mass is 10.2. The molecule has 0 aromatic heterocycles. The first-order chi connectivity index (χ1) is 8.38. The van der Waals surface area contributed by atoms with E-state index in [9.17, 15) is 13.2 Å². The Morgan fingerprint density at radius 2 is 2.06 bits per heavy atom. The zero-order chi connectivity index (χ0) is 13.8. The van der Waals surface area contributed by atoms with Gasteiger partial charge in [-0.2, -0.15) is 0 Å². The Labute approximate surface area is 109 Å². The van der Waals surface area contributed by atoms with Crippen molar-refractivity contribution in [2.75, 3.05) is 14.2 Å². The van der Waals surface area contributed by atoms with E-state index in [4.69, 9.17) is 15.4 Å². The summed E-state index contributed by atoms with van der Waals surface area (Å²) in [6, 6.07) is 4.11. The van der Waals surface area contributed by atoms with Crippen LogP contribution in [-0.2, 0) is 20.3 Å². The van der Waals surface area contributed by atoms with Gasteiger partial charge in [0.25, 0.3) is 9.05 Å². The normalized spacial score (nSPS) is 10.8. The highest BCUT2D eigenvalue weighted by Crippen LogP contribution is 2.24. The van der Waals surface area contributed by atoms with E-state index in [1.54, 1.807) is 0 Å². The van der Waals surface area contributed by atoms with Crippen molar-refractivity contribution in [1.29, 1.82) is 0 Å². The maximum atomic E-state index is 11.2. The summed E-state index contributed by atoms with van der Waals surface area (Å²) in [4.78, 5) is 10.9. The van der Waals surface area contributed by atoms with E-state index < -0.39 is 15.1 Å². The number of hydrogen-bond acceptors (Lipinski definition) is 5. The van der Waals surface area contributed by atoms with E-state index in [1.807, 2.05) is 0 Å². The lowest BCUT2D eigenvalue weighted by Gasteiger charge is -2.10. The molecule has 0 aliphatic rings. The molecule has 0 saturated carbocycles. The number of carbonyl (C=O) groups excluding carboxylic acids is 1. The van der Waals surface area contributed by atoms with Crippen LogP contribution in [0.1, 0.15) is 5.56 Å². The second kappa shape index (κ2) is 5.92. The van der Waals surface area contributed by atoms with E-state index in [-0.39, 0.29) is 11.4 Å². The number of carbonyl (C=O) groups is 1. The van der Waals surface area contributed by atoms with Gasteiger partial charge in [0, 0.05) is 22.8 Å². The van der Waals surface area contributed by atoms with Crippen molar-refractivity contribution in [3.63, 3.8) is 0 Å². The van der Waals surface area contributed by atoms with E-state index in [1.165, 1.54) is 32.4 Å². The quantitative estimate of drug-likeness (QED) is 0.850. The summed E-state index contributed by atoms with van der Waals surface area (Å²) in [6.07, 6.45) is -0.629. The highest BCUT2D eigenvalue weighted by Gasteiger charge is 2.14. The topological polar surface area (TPSA) is 81.7 Å². The molecular weight excluding hydrogens is 282 g/mol. The van der Waals surface area contributed by atoms with Gasteiger partial charge in [0.05, 0.1) is 19.1 Å². The van der Waals surface area contributed by atoms with Gasteiger partial charge in [-0.05, 0) is 18.2 Å². The first kappa shape index (κ1) is 14.6. The summed E-state index contributed by atoms with van der Waals surface area (Å²) < 4.78 is 31.8. The van der Waals surface area contributed by atoms with Crippen LogP contribution in [0.25, 0.3) is 0 Å². The maximum Gasteiger partial charge on any atom is 0.407 e. The van der Waals surface area contributed by atoms with E-state index in [2.05, 4.69) is 10.1 Å². The summed E-state index contributed by atoms with van der Waals surface area (Å²) >= 11 is 0. The number of rotatable bonds is 4. The molecule has 6 nitrogen and oxygen atoms in total. The largest absolute Gasteiger partial charge is 0.496 e. The van der Waals surface area contributed by atoms with Crippen molar-refractivity contribution in [1.82, 2.24) is 5.32 Å². The van der Waals surface area contributed by atoms with Crippen molar-refractivity contribution in [3.05, 3.63) is 23.8 Å². The van der Waals surface area contributed by atoms with Crippen molar-refractivity contribution < 1.29 is 22.7 Å². The molecule has 1 aromatic carbocycles. The molecule has 0 aliphatic carbocycles. The van der Waals surface area contributed by atoms with Gasteiger partial charge in [-0.1, -0.05) is 0 Å². The van der Waals surface area contributed by atoms with E-state index in [0.717, 1.165) is 0 Å². The predicted octanol–water partition coefficient (Wildman–Crippen LogP) is 1.48. The molecule has 0 unspecified atom stereocenters. The van der Waals surface area contributed by atoms with Gasteiger partial charge in [0.2, 0.25) is 0 Å². The SMILES string of the molecule is COC(=O)NCc1cc(S(=O)(=O)Cl)ccc1OC. The van der Waals surface area contributed by atoms with Crippen molar-refractivity contribution in [2.24, 2.45) is 0 Å². The fraction of sp³-hybridized carbons (Fsp3) is 0.300. The van der Waals surface area contributed by atoms with Crippen LogP contribution in [0, 0.1) is 0 Å². The van der Waals surface area contributed by atoms with Crippen molar-refractivity contribution in [2.45, 2.75) is 11.4 Å². The number of nitrogens with one attached hydrogen (secondary N) is 1. The Hall–Kier alpha value is -1.47. The molecule has 0 aliphatic heterocycles. The average molecular weight is 294 g/mol. The minimum absolute atomic E-state index is 0.0633. The lowest BCUT2D eigenvalue weighted by molar-refractivity contribution is 0.170. The van der Waals surface area contributed by atoms with Crippen LogP contribution >= 0.6 is 10.7 Å². The smallest absolute Gasteiger partial charge is 0.407 e. The van der Waals surface area contributed by atoms with Crippen LogP contribution in [0.5, 0.6) is 5.75 Å². The Balaban J connectivity index is 3.03. The molecule has 1 rings (SSSR count). The third kappa shape index (κ3) is 3.78. The Morgan fingerprint density at radius 3 is 2.56 bits per heavy atom. The van der Waals surface area contributed by atoms with Gasteiger partial charge in [-0.25, -0.2) is 13.2 Å². The van der Waals surface area contributed by atoms with Gasteiger partial charge >= 0.3 is 6.09 Å². The number of benzene rings is 1. The second-order valence-electron chi connectivity index (χ2n) is 3.26. The van der Waals surface area contributed by atoms with Gasteiger partial charge in [0.15, 0.2) is 0 Å². The van der Waals surface area contributed by atoms with Crippen LogP contribution < -0.4 is 10.1 Å². The van der Waals surface area contributed by atoms with E-state index in [0.29, 0.717) is 11.3 Å². The summed E-state index contributed by atoms with van der Waals surface area (Å²) in [7, 11) is 4.08. The fourth-order valence-electron chi connectivity index (χ4n) is 1.28. The minimum atomic E-state index is -3.82. The van der Waals surface area contributed by atoms with E-state index >= 15 is 0 Å². The first-order valence-electron chi connectivity index (χ1n) is 4.82. The summed E-state index contributed by atoms with van der Waals surface area (Å²) in [5.74, 6) is 0.440. The Kier molecular flexibility index (Phi) is 4.80. The highest BCUT2D eigenvalue weighted by atomic mass is 35.7. The number of alkyl carbamates (subject to hydrolysis) is 1. The average Bonchev–Trinajstić information content (AvgIpc) is 2.34. The van der Waals surface area contributed by atoms with Crippen LogP contribution in [0.4, 0.5) is 4.79 Å². The van der Waals surface area contributed by atoms with Gasteiger partial charge < -0.3 is 14.8 Å². The highest BCUT2D eigenvalue weighted by molar-refractivity contribution is 8.13. The standard InChI is InChI=1S/C10H12ClNO5S/c1-16-9-4-3-8(18(11,14)15)5-7(9)6-12-10(13)17-2/h3-5H,6H2,1-2H3,(H,12,13). The molecule has 1 amide bonds. The third-order valence-corrected chi connectivity index (χ3v) is 3.49. The molecule has 0 bridgehead atoms. The number of amides is 1. The summed E-state index contributed by atoms with van der Waals surface area (Å²) in [5, 5.41) is 2.42. The summed E-state index contributed by atoms with van der Waals surface area (Å²) in [5.41, 5.74) is 0.477. The fourth-order valence-corrected chi connectivity index (χ4v) is 2.09. The number of methoxy groups -OCH3 is 2. The Morgan fingerprint density at radius 1 is 1.39 bits per heavy atom. The summed E-state index contributed by atoms with van der Waals surface area (Å²) in [6.45, 7) is 0.0656. The van der Waals surface area contributed by atoms with Gasteiger partial charge in [0.1, 0.15) is 5.75 Å². The zero-order valence-electron chi connectivity index (χ0n) is 9.77. The van der Waals surface area contributed by atoms with Crippen LogP contribution in [-0.4, -0.2) is 28.7 Å². The predicted molar refractivity (Wildman–Crippen MR) is 65.3 cm³/mol. The molecule has 0 fully saturated rings.